The highest BCUT2D eigenvalue weighted by atomic mass is 15.1. The Labute approximate surface area is 91.1 Å². The summed E-state index contributed by atoms with van der Waals surface area (Å²) < 4.78 is 0. The average Bonchev–Trinajstić information content (AvgIpc) is 2.25. The number of nitrogens with zero attached hydrogens (tertiary/aromatic N) is 1. The Balaban J connectivity index is 1.89. The molecule has 2 rings (SSSR count). The van der Waals surface area contributed by atoms with Crippen LogP contribution in [0, 0.1) is 0 Å². The normalized spacial score (nSPS) is 19.3. The SMILES string of the molecule is Nc1ccc(CN2CCC(N)CC2)cc1. The van der Waals surface area contributed by atoms with Crippen molar-refractivity contribution in [2.75, 3.05) is 18.8 Å². The van der Waals surface area contributed by atoms with Gasteiger partial charge in [-0.15, -0.1) is 0 Å². The third-order valence-electron chi connectivity index (χ3n) is 3.02. The molecule has 0 atom stereocenters. The first kappa shape index (κ1) is 10.5. The van der Waals surface area contributed by atoms with Crippen LogP contribution in [-0.2, 0) is 6.54 Å². The summed E-state index contributed by atoms with van der Waals surface area (Å²) in [5.41, 5.74) is 13.7. The van der Waals surface area contributed by atoms with Gasteiger partial charge in [0.05, 0.1) is 0 Å². The minimum absolute atomic E-state index is 0.410. The molecule has 1 fully saturated rings. The lowest BCUT2D eigenvalue weighted by Gasteiger charge is -2.30. The van der Waals surface area contributed by atoms with Gasteiger partial charge >= 0.3 is 0 Å². The van der Waals surface area contributed by atoms with E-state index in [2.05, 4.69) is 17.0 Å². The summed E-state index contributed by atoms with van der Waals surface area (Å²) in [6.07, 6.45) is 2.24. The van der Waals surface area contributed by atoms with Crippen LogP contribution in [0.15, 0.2) is 24.3 Å². The Bertz CT molecular complexity index is 299. The zero-order valence-corrected chi connectivity index (χ0v) is 9.02. The fourth-order valence-corrected chi connectivity index (χ4v) is 1.99. The van der Waals surface area contributed by atoms with Crippen LogP contribution >= 0.6 is 0 Å². The Morgan fingerprint density at radius 2 is 1.73 bits per heavy atom. The smallest absolute Gasteiger partial charge is 0.0314 e. The third-order valence-corrected chi connectivity index (χ3v) is 3.02. The zero-order valence-electron chi connectivity index (χ0n) is 9.02. The molecule has 82 valence electrons. The lowest BCUT2D eigenvalue weighted by molar-refractivity contribution is 0.205. The van der Waals surface area contributed by atoms with Crippen LogP contribution in [0.25, 0.3) is 0 Å². The molecular weight excluding hydrogens is 186 g/mol. The molecule has 3 nitrogen and oxygen atoms in total. The second kappa shape index (κ2) is 4.64. The van der Waals surface area contributed by atoms with Gasteiger partial charge in [-0.1, -0.05) is 12.1 Å². The highest BCUT2D eigenvalue weighted by molar-refractivity contribution is 5.39. The number of piperidine rings is 1. The summed E-state index contributed by atoms with van der Waals surface area (Å²) >= 11 is 0. The van der Waals surface area contributed by atoms with Crippen molar-refractivity contribution >= 4 is 5.69 Å². The van der Waals surface area contributed by atoms with Crippen LogP contribution in [0.3, 0.4) is 0 Å². The van der Waals surface area contributed by atoms with E-state index in [-0.39, 0.29) is 0 Å². The van der Waals surface area contributed by atoms with Crippen LogP contribution in [0.1, 0.15) is 18.4 Å². The van der Waals surface area contributed by atoms with Gasteiger partial charge in [-0.25, -0.2) is 0 Å². The molecule has 15 heavy (non-hydrogen) atoms. The maximum atomic E-state index is 5.87. The summed E-state index contributed by atoms with van der Waals surface area (Å²) in [7, 11) is 0. The first-order valence-electron chi connectivity index (χ1n) is 5.56. The molecule has 1 saturated heterocycles. The molecule has 0 saturated carbocycles. The number of nitrogens with two attached hydrogens (primary N) is 2. The predicted octanol–water partition coefficient (Wildman–Crippen LogP) is 1.19. The van der Waals surface area contributed by atoms with Gasteiger partial charge in [0.25, 0.3) is 0 Å². The van der Waals surface area contributed by atoms with E-state index < -0.39 is 0 Å². The molecule has 3 heteroatoms. The maximum absolute atomic E-state index is 5.87. The van der Waals surface area contributed by atoms with Gasteiger partial charge in [0.15, 0.2) is 0 Å². The molecule has 1 heterocycles. The van der Waals surface area contributed by atoms with E-state index in [0.717, 1.165) is 38.2 Å². The minimum Gasteiger partial charge on any atom is -0.399 e. The van der Waals surface area contributed by atoms with Crippen molar-refractivity contribution in [1.82, 2.24) is 4.90 Å². The quantitative estimate of drug-likeness (QED) is 0.713. The topological polar surface area (TPSA) is 55.3 Å². The van der Waals surface area contributed by atoms with Crippen LogP contribution < -0.4 is 11.5 Å². The van der Waals surface area contributed by atoms with E-state index in [1.165, 1.54) is 5.56 Å². The van der Waals surface area contributed by atoms with Gasteiger partial charge in [0.1, 0.15) is 0 Å². The van der Waals surface area contributed by atoms with E-state index in [1.807, 2.05) is 12.1 Å². The standard InChI is InChI=1S/C12H19N3/c13-11-3-1-10(2-4-11)9-15-7-5-12(14)6-8-15/h1-4,12H,5-9,13-14H2. The van der Waals surface area contributed by atoms with E-state index in [0.29, 0.717) is 6.04 Å². The van der Waals surface area contributed by atoms with Crippen LogP contribution in [0.4, 0.5) is 5.69 Å². The van der Waals surface area contributed by atoms with E-state index in [1.54, 1.807) is 0 Å². The van der Waals surface area contributed by atoms with Gasteiger partial charge in [-0.05, 0) is 43.6 Å². The molecule has 1 aliphatic heterocycles. The summed E-state index contributed by atoms with van der Waals surface area (Å²) in [5.74, 6) is 0. The molecule has 0 aliphatic carbocycles. The lowest BCUT2D eigenvalue weighted by atomic mass is 10.1. The summed E-state index contributed by atoms with van der Waals surface area (Å²) in [5, 5.41) is 0. The first-order valence-corrected chi connectivity index (χ1v) is 5.56. The Morgan fingerprint density at radius 1 is 1.13 bits per heavy atom. The molecule has 0 aromatic heterocycles. The van der Waals surface area contributed by atoms with Gasteiger partial charge in [0.2, 0.25) is 0 Å². The van der Waals surface area contributed by atoms with Crippen molar-refractivity contribution < 1.29 is 0 Å². The van der Waals surface area contributed by atoms with E-state index in [9.17, 15) is 0 Å². The Hall–Kier alpha value is -1.06. The van der Waals surface area contributed by atoms with Gasteiger partial charge in [-0.3, -0.25) is 4.90 Å². The number of anilines is 1. The summed E-state index contributed by atoms with van der Waals surface area (Å²) in [6, 6.07) is 8.54. The van der Waals surface area contributed by atoms with Crippen molar-refractivity contribution in [3.05, 3.63) is 29.8 Å². The molecule has 0 spiro atoms. The molecule has 0 unspecified atom stereocenters. The van der Waals surface area contributed by atoms with E-state index >= 15 is 0 Å². The molecule has 0 bridgehead atoms. The average molecular weight is 205 g/mol. The Kier molecular flexibility index (Phi) is 3.23. The maximum Gasteiger partial charge on any atom is 0.0314 e. The van der Waals surface area contributed by atoms with Crippen molar-refractivity contribution in [3.8, 4) is 0 Å². The monoisotopic (exact) mass is 205 g/mol. The van der Waals surface area contributed by atoms with Crippen LogP contribution in [0.2, 0.25) is 0 Å². The fraction of sp³-hybridized carbons (Fsp3) is 0.500. The van der Waals surface area contributed by atoms with Crippen molar-refractivity contribution in [2.24, 2.45) is 5.73 Å². The molecule has 1 aromatic carbocycles. The molecule has 1 aromatic rings. The number of hydrogen-bond acceptors (Lipinski definition) is 3. The molecule has 1 aliphatic rings. The first-order chi connectivity index (χ1) is 7.24. The second-order valence-corrected chi connectivity index (χ2v) is 4.36. The molecule has 0 radical (unpaired) electrons. The number of rotatable bonds is 2. The van der Waals surface area contributed by atoms with Crippen LogP contribution in [0.5, 0.6) is 0 Å². The molecular formula is C12H19N3. The predicted molar refractivity (Wildman–Crippen MR) is 63.3 cm³/mol. The molecule has 0 amide bonds. The third kappa shape index (κ3) is 2.94. The van der Waals surface area contributed by atoms with Crippen molar-refractivity contribution in [3.63, 3.8) is 0 Å². The second-order valence-electron chi connectivity index (χ2n) is 4.36. The van der Waals surface area contributed by atoms with Gasteiger partial charge in [-0.2, -0.15) is 0 Å². The van der Waals surface area contributed by atoms with E-state index in [4.69, 9.17) is 11.5 Å². The number of hydrogen-bond donors (Lipinski definition) is 2. The van der Waals surface area contributed by atoms with Crippen molar-refractivity contribution in [1.29, 1.82) is 0 Å². The number of benzene rings is 1. The lowest BCUT2D eigenvalue weighted by Crippen LogP contribution is -2.39. The van der Waals surface area contributed by atoms with Crippen LogP contribution in [-0.4, -0.2) is 24.0 Å². The number of nitrogen functional groups attached to an aromatic ring is 1. The van der Waals surface area contributed by atoms with Gasteiger partial charge < -0.3 is 11.5 Å². The fourth-order valence-electron chi connectivity index (χ4n) is 1.99. The van der Waals surface area contributed by atoms with Gasteiger partial charge in [0, 0.05) is 18.3 Å². The number of likely N-dealkylation sites (tertiary alicyclic amines) is 1. The Morgan fingerprint density at radius 3 is 2.33 bits per heavy atom. The van der Waals surface area contributed by atoms with Crippen molar-refractivity contribution in [2.45, 2.75) is 25.4 Å². The summed E-state index contributed by atoms with van der Waals surface area (Å²) in [4.78, 5) is 2.45. The summed E-state index contributed by atoms with van der Waals surface area (Å²) in [6.45, 7) is 3.25. The largest absolute Gasteiger partial charge is 0.399 e. The molecule has 4 N–H and O–H groups in total. The highest BCUT2D eigenvalue weighted by Gasteiger charge is 2.15. The zero-order chi connectivity index (χ0) is 10.7. The minimum atomic E-state index is 0.410. The highest BCUT2D eigenvalue weighted by Crippen LogP contribution is 2.13.